The highest BCUT2D eigenvalue weighted by molar-refractivity contribution is 7.99. The van der Waals surface area contributed by atoms with Crippen LogP contribution in [-0.4, -0.2) is 24.2 Å². The van der Waals surface area contributed by atoms with Gasteiger partial charge in [-0.25, -0.2) is 4.79 Å². The number of hydrogen-bond donors (Lipinski definition) is 1. The summed E-state index contributed by atoms with van der Waals surface area (Å²) in [5.74, 6) is 0.0447. The molecule has 0 saturated heterocycles. The molecule has 0 heterocycles. The molecule has 4 nitrogen and oxygen atoms in total. The van der Waals surface area contributed by atoms with Gasteiger partial charge in [-0.1, -0.05) is 41.4 Å². The molecule has 0 saturated carbocycles. The minimum Gasteiger partial charge on any atom is -0.462 e. The van der Waals surface area contributed by atoms with Gasteiger partial charge < -0.3 is 10.1 Å². The molecule has 0 radical (unpaired) electrons. The maximum Gasteiger partial charge on any atom is 0.340 e. The van der Waals surface area contributed by atoms with E-state index in [4.69, 9.17) is 27.9 Å². The molecule has 2 rings (SSSR count). The predicted octanol–water partition coefficient (Wildman–Crippen LogP) is 5.04. The van der Waals surface area contributed by atoms with Crippen molar-refractivity contribution in [1.29, 1.82) is 0 Å². The monoisotopic (exact) mass is 397 g/mol. The Labute approximate surface area is 160 Å². The second-order valence-corrected chi connectivity index (χ2v) is 6.81. The zero-order valence-electron chi connectivity index (χ0n) is 13.6. The molecule has 0 unspecified atom stereocenters. The van der Waals surface area contributed by atoms with E-state index in [2.05, 4.69) is 5.32 Å². The van der Waals surface area contributed by atoms with Gasteiger partial charge in [0.1, 0.15) is 0 Å². The summed E-state index contributed by atoms with van der Waals surface area (Å²) in [6, 6.07) is 12.0. The molecule has 0 aliphatic rings. The fraction of sp³-hybridized carbons (Fsp3) is 0.222. The highest BCUT2D eigenvalue weighted by Crippen LogP contribution is 2.28. The number of benzene rings is 2. The Balaban J connectivity index is 1.94. The summed E-state index contributed by atoms with van der Waals surface area (Å²) in [7, 11) is 0. The van der Waals surface area contributed by atoms with Crippen LogP contribution >= 0.6 is 35.0 Å². The van der Waals surface area contributed by atoms with Crippen LogP contribution < -0.4 is 5.32 Å². The van der Waals surface area contributed by atoms with Gasteiger partial charge in [0.15, 0.2) is 0 Å². The van der Waals surface area contributed by atoms with Crippen LogP contribution in [0.5, 0.6) is 0 Å². The first-order valence-corrected chi connectivity index (χ1v) is 9.50. The quantitative estimate of drug-likeness (QED) is 0.664. The van der Waals surface area contributed by atoms with Crippen LogP contribution in [0.1, 0.15) is 22.8 Å². The van der Waals surface area contributed by atoms with E-state index in [9.17, 15) is 9.59 Å². The minimum atomic E-state index is -0.464. The number of para-hydroxylation sites is 1. The van der Waals surface area contributed by atoms with Gasteiger partial charge in [0.2, 0.25) is 5.91 Å². The van der Waals surface area contributed by atoms with Crippen LogP contribution in [-0.2, 0) is 15.3 Å². The van der Waals surface area contributed by atoms with E-state index in [-0.39, 0.29) is 18.3 Å². The molecule has 2 aromatic carbocycles. The molecule has 0 fully saturated rings. The second-order valence-electron chi connectivity index (χ2n) is 5.01. The Morgan fingerprint density at radius 2 is 1.76 bits per heavy atom. The first kappa shape index (κ1) is 19.6. The molecule has 25 heavy (non-hydrogen) atoms. The molecule has 2 aromatic rings. The van der Waals surface area contributed by atoms with Gasteiger partial charge in [0.25, 0.3) is 0 Å². The predicted molar refractivity (Wildman–Crippen MR) is 104 cm³/mol. The Kier molecular flexibility index (Phi) is 7.62. The lowest BCUT2D eigenvalue weighted by molar-refractivity contribution is -0.113. The molecule has 1 N–H and O–H groups in total. The number of ether oxygens (including phenoxy) is 1. The van der Waals surface area contributed by atoms with Crippen LogP contribution in [0.3, 0.4) is 0 Å². The zero-order chi connectivity index (χ0) is 18.2. The van der Waals surface area contributed by atoms with E-state index in [1.54, 1.807) is 49.4 Å². The van der Waals surface area contributed by atoms with Crippen molar-refractivity contribution in [3.05, 3.63) is 63.6 Å². The van der Waals surface area contributed by atoms with E-state index >= 15 is 0 Å². The molecule has 0 aliphatic carbocycles. The van der Waals surface area contributed by atoms with Crippen LogP contribution in [0.2, 0.25) is 10.0 Å². The van der Waals surface area contributed by atoms with E-state index < -0.39 is 5.97 Å². The van der Waals surface area contributed by atoms with E-state index in [0.717, 1.165) is 5.56 Å². The molecule has 1 amide bonds. The lowest BCUT2D eigenvalue weighted by atomic mass is 10.2. The third kappa shape index (κ3) is 5.66. The first-order chi connectivity index (χ1) is 12.0. The second kappa shape index (κ2) is 9.70. The minimum absolute atomic E-state index is 0.207. The standard InChI is InChI=1S/C18H17Cl2NO3S/c1-2-24-18(23)12-6-3-4-9-16(12)21-17(22)11-25-10-13-14(19)7-5-8-15(13)20/h3-9H,2,10-11H2,1H3,(H,21,22). The maximum atomic E-state index is 12.2. The Hall–Kier alpha value is -1.69. The van der Waals surface area contributed by atoms with Gasteiger partial charge in [-0.3, -0.25) is 4.79 Å². The number of nitrogens with one attached hydrogen (secondary N) is 1. The Morgan fingerprint density at radius 1 is 1.08 bits per heavy atom. The lowest BCUT2D eigenvalue weighted by Crippen LogP contribution is -2.17. The van der Waals surface area contributed by atoms with E-state index in [1.165, 1.54) is 11.8 Å². The van der Waals surface area contributed by atoms with Crippen LogP contribution in [0.4, 0.5) is 5.69 Å². The zero-order valence-corrected chi connectivity index (χ0v) is 15.9. The van der Waals surface area contributed by atoms with E-state index in [1.807, 2.05) is 0 Å². The number of esters is 1. The first-order valence-electron chi connectivity index (χ1n) is 7.59. The summed E-state index contributed by atoms with van der Waals surface area (Å²) in [6.45, 7) is 2.01. The summed E-state index contributed by atoms with van der Waals surface area (Å²) in [6.07, 6.45) is 0. The van der Waals surface area contributed by atoms with E-state index in [0.29, 0.717) is 27.0 Å². The average Bonchev–Trinajstić information content (AvgIpc) is 2.58. The molecule has 0 atom stereocenters. The van der Waals surface area contributed by atoms with Crippen molar-refractivity contribution >= 4 is 52.5 Å². The van der Waals surface area contributed by atoms with Gasteiger partial charge in [-0.15, -0.1) is 11.8 Å². The average molecular weight is 398 g/mol. The van der Waals surface area contributed by atoms with Gasteiger partial charge >= 0.3 is 5.97 Å². The van der Waals surface area contributed by atoms with Crippen molar-refractivity contribution in [2.45, 2.75) is 12.7 Å². The van der Waals surface area contributed by atoms with Crippen molar-refractivity contribution in [3.8, 4) is 0 Å². The molecule has 7 heteroatoms. The highest BCUT2D eigenvalue weighted by atomic mass is 35.5. The maximum absolute atomic E-state index is 12.2. The Bertz CT molecular complexity index is 747. The number of rotatable bonds is 7. The number of carbonyl (C=O) groups is 2. The topological polar surface area (TPSA) is 55.4 Å². The van der Waals surface area contributed by atoms with Gasteiger partial charge in [0.05, 0.1) is 23.6 Å². The molecule has 0 bridgehead atoms. The van der Waals surface area contributed by atoms with Crippen LogP contribution in [0, 0.1) is 0 Å². The third-order valence-electron chi connectivity index (χ3n) is 3.24. The van der Waals surface area contributed by atoms with Crippen LogP contribution in [0.15, 0.2) is 42.5 Å². The van der Waals surface area contributed by atoms with Crippen molar-refractivity contribution in [2.24, 2.45) is 0 Å². The van der Waals surface area contributed by atoms with Crippen molar-refractivity contribution in [2.75, 3.05) is 17.7 Å². The number of halogens is 2. The number of thioether (sulfide) groups is 1. The smallest absolute Gasteiger partial charge is 0.340 e. The molecular weight excluding hydrogens is 381 g/mol. The normalized spacial score (nSPS) is 10.4. The Morgan fingerprint density at radius 3 is 2.44 bits per heavy atom. The SMILES string of the molecule is CCOC(=O)c1ccccc1NC(=O)CSCc1c(Cl)cccc1Cl. The summed E-state index contributed by atoms with van der Waals surface area (Å²) < 4.78 is 4.99. The summed E-state index contributed by atoms with van der Waals surface area (Å²) in [5.41, 5.74) is 1.56. The van der Waals surface area contributed by atoms with Crippen LogP contribution in [0.25, 0.3) is 0 Å². The highest BCUT2D eigenvalue weighted by Gasteiger charge is 2.14. The molecule has 0 spiro atoms. The van der Waals surface area contributed by atoms with Crippen molar-refractivity contribution in [3.63, 3.8) is 0 Å². The molecule has 0 aliphatic heterocycles. The molecule has 0 aromatic heterocycles. The summed E-state index contributed by atoms with van der Waals surface area (Å²) >= 11 is 13.6. The lowest BCUT2D eigenvalue weighted by Gasteiger charge is -2.10. The summed E-state index contributed by atoms with van der Waals surface area (Å²) in [4.78, 5) is 24.1. The fourth-order valence-corrected chi connectivity index (χ4v) is 3.65. The van der Waals surface area contributed by atoms with Crippen molar-refractivity contribution in [1.82, 2.24) is 0 Å². The van der Waals surface area contributed by atoms with Gasteiger partial charge in [-0.2, -0.15) is 0 Å². The summed E-state index contributed by atoms with van der Waals surface area (Å²) in [5, 5.41) is 3.89. The third-order valence-corrected chi connectivity index (χ3v) is 4.91. The largest absolute Gasteiger partial charge is 0.462 e. The molecular formula is C18H17Cl2NO3S. The van der Waals surface area contributed by atoms with Gasteiger partial charge in [-0.05, 0) is 36.8 Å². The number of amides is 1. The number of hydrogen-bond acceptors (Lipinski definition) is 4. The number of anilines is 1. The van der Waals surface area contributed by atoms with Gasteiger partial charge in [0, 0.05) is 15.8 Å². The van der Waals surface area contributed by atoms with Crippen molar-refractivity contribution < 1.29 is 14.3 Å². The molecule has 132 valence electrons. The fourth-order valence-electron chi connectivity index (χ4n) is 2.08. The number of carbonyl (C=O) groups excluding carboxylic acids is 2.